The first-order valence-electron chi connectivity index (χ1n) is 14.9. The predicted octanol–water partition coefficient (Wildman–Crippen LogP) is 8.09. The van der Waals surface area contributed by atoms with Crippen molar-refractivity contribution in [1.82, 2.24) is 0 Å². The largest absolute Gasteiger partial charge is 0.489 e. The van der Waals surface area contributed by atoms with Crippen LogP contribution in [0.3, 0.4) is 0 Å². The van der Waals surface area contributed by atoms with E-state index in [4.69, 9.17) is 18.6 Å². The molecule has 0 radical (unpaired) electrons. The van der Waals surface area contributed by atoms with Gasteiger partial charge in [0, 0.05) is 11.5 Å². The van der Waals surface area contributed by atoms with E-state index in [1.54, 1.807) is 6.08 Å². The van der Waals surface area contributed by atoms with E-state index in [9.17, 15) is 9.59 Å². The number of hydrogen-bond donors (Lipinski definition) is 0. The van der Waals surface area contributed by atoms with Crippen LogP contribution in [-0.4, -0.2) is 11.9 Å². The zero-order valence-corrected chi connectivity index (χ0v) is 24.8. The molecule has 5 aromatic rings. The minimum atomic E-state index is -0.459. The van der Waals surface area contributed by atoms with Gasteiger partial charge in [0.25, 0.3) is 0 Å². The fraction of sp³-hybridized carbons (Fsp3) is 0.211. The van der Waals surface area contributed by atoms with Gasteiger partial charge in [0.15, 0.2) is 11.5 Å². The molecule has 6 heteroatoms. The highest BCUT2D eigenvalue weighted by atomic mass is 16.5. The molecule has 222 valence electrons. The SMILES string of the molecule is CCc1cc(OCc2ccccc2)c2c(=O)c(O[C@H]3C=CC(=O)[C@H](C)C3)c(-c3ccc(OCc4ccccc4)cc3)oc2c1. The highest BCUT2D eigenvalue weighted by molar-refractivity contribution is 5.92. The van der Waals surface area contributed by atoms with Gasteiger partial charge >= 0.3 is 0 Å². The molecule has 0 unspecified atom stereocenters. The van der Waals surface area contributed by atoms with Crippen LogP contribution >= 0.6 is 0 Å². The van der Waals surface area contributed by atoms with Crippen LogP contribution in [0.15, 0.2) is 118 Å². The molecule has 1 aromatic heterocycles. The smallest absolute Gasteiger partial charge is 0.239 e. The molecule has 0 N–H and O–H groups in total. The minimum Gasteiger partial charge on any atom is -0.489 e. The van der Waals surface area contributed by atoms with Gasteiger partial charge in [-0.3, -0.25) is 9.59 Å². The highest BCUT2D eigenvalue weighted by Gasteiger charge is 2.27. The van der Waals surface area contributed by atoms with Gasteiger partial charge < -0.3 is 18.6 Å². The molecule has 0 saturated carbocycles. The van der Waals surface area contributed by atoms with Crippen molar-refractivity contribution >= 4 is 16.8 Å². The summed E-state index contributed by atoms with van der Waals surface area (Å²) in [7, 11) is 0. The van der Waals surface area contributed by atoms with E-state index in [0.717, 1.165) is 23.1 Å². The maximum Gasteiger partial charge on any atom is 0.239 e. The van der Waals surface area contributed by atoms with E-state index in [2.05, 4.69) is 0 Å². The van der Waals surface area contributed by atoms with Crippen molar-refractivity contribution in [2.75, 3.05) is 0 Å². The monoisotopic (exact) mass is 586 g/mol. The molecular formula is C38H34O6. The van der Waals surface area contributed by atoms with Crippen molar-refractivity contribution in [3.05, 3.63) is 136 Å². The van der Waals surface area contributed by atoms with Crippen molar-refractivity contribution in [3.63, 3.8) is 0 Å². The van der Waals surface area contributed by atoms with Crippen molar-refractivity contribution in [2.45, 2.75) is 46.0 Å². The Labute approximate surface area is 256 Å². The van der Waals surface area contributed by atoms with Crippen LogP contribution in [0.1, 0.15) is 37.0 Å². The summed E-state index contributed by atoms with van der Waals surface area (Å²) in [5, 5.41) is 0.323. The molecule has 1 aliphatic carbocycles. The number of carbonyl (C=O) groups excluding carboxylic acids is 1. The second-order valence-corrected chi connectivity index (χ2v) is 11.0. The van der Waals surface area contributed by atoms with Crippen molar-refractivity contribution < 1.29 is 23.4 Å². The maximum atomic E-state index is 14.3. The fourth-order valence-corrected chi connectivity index (χ4v) is 5.26. The highest BCUT2D eigenvalue weighted by Crippen LogP contribution is 2.37. The third-order valence-electron chi connectivity index (χ3n) is 7.80. The predicted molar refractivity (Wildman–Crippen MR) is 171 cm³/mol. The molecular weight excluding hydrogens is 552 g/mol. The molecule has 1 aliphatic rings. The van der Waals surface area contributed by atoms with Crippen molar-refractivity contribution in [3.8, 4) is 28.6 Å². The molecule has 44 heavy (non-hydrogen) atoms. The first-order chi connectivity index (χ1) is 21.5. The molecule has 0 spiro atoms. The zero-order valence-electron chi connectivity index (χ0n) is 24.8. The topological polar surface area (TPSA) is 75.0 Å². The van der Waals surface area contributed by atoms with Gasteiger partial charge in [0.1, 0.15) is 41.8 Å². The number of ether oxygens (including phenoxy) is 3. The standard InChI is InChI=1S/C38H34O6/c1-3-26-21-33(42-24-28-12-8-5-9-13-28)35-34(22-26)44-37(38(36(35)40)43-31-18-19-32(39)25(2)20-31)29-14-16-30(17-15-29)41-23-27-10-6-4-7-11-27/h4-19,21-22,25,31H,3,20,23-24H2,1-2H3/t25-,31+/m1/s1. The summed E-state index contributed by atoms with van der Waals surface area (Å²) in [6, 6.07) is 31.0. The number of allylic oxidation sites excluding steroid dienone is 1. The van der Waals surface area contributed by atoms with E-state index in [1.807, 2.05) is 111 Å². The van der Waals surface area contributed by atoms with Gasteiger partial charge in [-0.2, -0.15) is 0 Å². The Morgan fingerprint density at radius 3 is 2.09 bits per heavy atom. The van der Waals surface area contributed by atoms with Crippen LogP contribution in [0.5, 0.6) is 17.2 Å². The number of fused-ring (bicyclic) bond motifs is 1. The van der Waals surface area contributed by atoms with Gasteiger partial charge in [0.2, 0.25) is 11.2 Å². The lowest BCUT2D eigenvalue weighted by Crippen LogP contribution is -2.27. The summed E-state index contributed by atoms with van der Waals surface area (Å²) in [5.41, 5.74) is 3.80. The summed E-state index contributed by atoms with van der Waals surface area (Å²) >= 11 is 0. The Hall–Kier alpha value is -5.10. The first-order valence-corrected chi connectivity index (χ1v) is 14.9. The minimum absolute atomic E-state index is 0.0467. The Bertz CT molecular complexity index is 1840. The van der Waals surface area contributed by atoms with Crippen LogP contribution in [0, 0.1) is 5.92 Å². The summed E-state index contributed by atoms with van der Waals surface area (Å²) in [5.74, 6) is 1.37. The number of hydrogen-bond acceptors (Lipinski definition) is 6. The van der Waals surface area contributed by atoms with Crippen molar-refractivity contribution in [1.29, 1.82) is 0 Å². The number of benzene rings is 4. The summed E-state index contributed by atoms with van der Waals surface area (Å²) in [6.45, 7) is 4.65. The average molecular weight is 587 g/mol. The van der Waals surface area contributed by atoms with Crippen LogP contribution in [0.2, 0.25) is 0 Å². The summed E-state index contributed by atoms with van der Waals surface area (Å²) in [6.07, 6.45) is 3.98. The van der Waals surface area contributed by atoms with Gasteiger partial charge in [-0.1, -0.05) is 74.5 Å². The Morgan fingerprint density at radius 2 is 1.45 bits per heavy atom. The van der Waals surface area contributed by atoms with E-state index in [0.29, 0.717) is 53.4 Å². The average Bonchev–Trinajstić information content (AvgIpc) is 3.06. The van der Waals surface area contributed by atoms with Gasteiger partial charge in [-0.05, 0) is 78.1 Å². The van der Waals surface area contributed by atoms with Gasteiger partial charge in [0.05, 0.1) is 0 Å². The van der Waals surface area contributed by atoms with Crippen LogP contribution < -0.4 is 19.6 Å². The molecule has 6 nitrogen and oxygen atoms in total. The van der Waals surface area contributed by atoms with E-state index < -0.39 is 6.10 Å². The summed E-state index contributed by atoms with van der Waals surface area (Å²) in [4.78, 5) is 26.5. The quantitative estimate of drug-likeness (QED) is 0.165. The Balaban J connectivity index is 1.41. The molecule has 2 atom stereocenters. The number of ketones is 1. The Morgan fingerprint density at radius 1 is 0.795 bits per heavy atom. The molecule has 0 saturated heterocycles. The molecule has 0 fully saturated rings. The normalized spacial score (nSPS) is 16.2. The lowest BCUT2D eigenvalue weighted by Gasteiger charge is -2.23. The number of aryl methyl sites for hydroxylation is 1. The van der Waals surface area contributed by atoms with Crippen molar-refractivity contribution in [2.24, 2.45) is 5.92 Å². The maximum absolute atomic E-state index is 14.3. The third-order valence-corrected chi connectivity index (χ3v) is 7.80. The second-order valence-electron chi connectivity index (χ2n) is 11.0. The molecule has 0 amide bonds. The number of rotatable bonds is 10. The fourth-order valence-electron chi connectivity index (χ4n) is 5.26. The third kappa shape index (κ3) is 6.45. The first kappa shape index (κ1) is 29.0. The van der Waals surface area contributed by atoms with E-state index >= 15 is 0 Å². The molecule has 1 heterocycles. The Kier molecular flexibility index (Phi) is 8.59. The lowest BCUT2D eigenvalue weighted by molar-refractivity contribution is -0.118. The van der Waals surface area contributed by atoms with Gasteiger partial charge in [-0.15, -0.1) is 0 Å². The second kappa shape index (κ2) is 13.0. The number of carbonyl (C=O) groups is 1. The van der Waals surface area contributed by atoms with Crippen LogP contribution in [0.4, 0.5) is 0 Å². The molecule has 0 bridgehead atoms. The lowest BCUT2D eigenvalue weighted by atomic mass is 9.93. The molecule has 4 aromatic carbocycles. The van der Waals surface area contributed by atoms with Crippen LogP contribution in [0.25, 0.3) is 22.3 Å². The van der Waals surface area contributed by atoms with E-state index in [1.165, 1.54) is 6.08 Å². The molecule has 6 rings (SSSR count). The zero-order chi connectivity index (χ0) is 30.5. The summed E-state index contributed by atoms with van der Waals surface area (Å²) < 4.78 is 25.1. The molecule has 0 aliphatic heterocycles. The van der Waals surface area contributed by atoms with Crippen LogP contribution in [-0.2, 0) is 24.4 Å². The van der Waals surface area contributed by atoms with Gasteiger partial charge in [-0.25, -0.2) is 0 Å². The van der Waals surface area contributed by atoms with E-state index in [-0.39, 0.29) is 22.9 Å².